The molecule has 0 aromatic carbocycles. The second-order valence-electron chi connectivity index (χ2n) is 7.33. The molecule has 1 aliphatic rings. The fourth-order valence-corrected chi connectivity index (χ4v) is 4.23. The highest BCUT2D eigenvalue weighted by Crippen LogP contribution is 2.40. The van der Waals surface area contributed by atoms with E-state index in [2.05, 4.69) is 50.1 Å². The molecule has 152 valence electrons. The van der Waals surface area contributed by atoms with E-state index in [1.807, 2.05) is 31.6 Å². The molecule has 1 atom stereocenters. The normalized spacial score (nSPS) is 15.5. The van der Waals surface area contributed by atoms with Gasteiger partial charge in [0, 0.05) is 30.5 Å². The van der Waals surface area contributed by atoms with E-state index in [-0.39, 0.29) is 12.1 Å². The Morgan fingerprint density at radius 1 is 1.24 bits per heavy atom. The zero-order valence-corrected chi connectivity index (χ0v) is 18.2. The number of fused-ring (bicyclic) bond motifs is 3. The molecule has 0 unspecified atom stereocenters. The molecule has 0 saturated carbocycles. The van der Waals surface area contributed by atoms with Crippen LogP contribution in [0.25, 0.3) is 17.1 Å². The van der Waals surface area contributed by atoms with Gasteiger partial charge in [0.15, 0.2) is 17.5 Å². The fourth-order valence-electron chi connectivity index (χ4n) is 3.93. The molecule has 3 aromatic rings. The Bertz CT molecular complexity index is 1020. The van der Waals surface area contributed by atoms with Crippen molar-refractivity contribution in [3.63, 3.8) is 0 Å². The molecule has 29 heavy (non-hydrogen) atoms. The van der Waals surface area contributed by atoms with Gasteiger partial charge in [0.25, 0.3) is 0 Å². The minimum absolute atomic E-state index is 0.126. The van der Waals surface area contributed by atoms with Gasteiger partial charge in [-0.05, 0) is 45.1 Å². The molecule has 8 nitrogen and oxygen atoms in total. The number of rotatable bonds is 6. The molecular weight excluding hydrogens is 384 g/mol. The third kappa shape index (κ3) is 3.38. The maximum Gasteiger partial charge on any atom is 0.162 e. The molecule has 0 spiro atoms. The van der Waals surface area contributed by atoms with Gasteiger partial charge in [-0.2, -0.15) is 0 Å². The van der Waals surface area contributed by atoms with Crippen molar-refractivity contribution in [1.82, 2.24) is 34.4 Å². The summed E-state index contributed by atoms with van der Waals surface area (Å²) >= 11 is 1.58. The van der Waals surface area contributed by atoms with Crippen molar-refractivity contribution in [2.75, 3.05) is 11.2 Å². The minimum atomic E-state index is 0.126. The largest absolute Gasteiger partial charge is 0.342 e. The fraction of sp³-hybridized carbons (Fsp3) is 0.450. The van der Waals surface area contributed by atoms with Crippen molar-refractivity contribution in [3.05, 3.63) is 41.9 Å². The molecule has 0 radical (unpaired) electrons. The van der Waals surface area contributed by atoms with E-state index in [4.69, 9.17) is 9.97 Å². The predicted octanol–water partition coefficient (Wildman–Crippen LogP) is 3.47. The second-order valence-corrected chi connectivity index (χ2v) is 8.02. The van der Waals surface area contributed by atoms with Crippen LogP contribution in [0.5, 0.6) is 0 Å². The molecule has 0 fully saturated rings. The monoisotopic (exact) mass is 410 g/mol. The topological polar surface area (TPSA) is 84.6 Å². The molecule has 4 rings (SSSR count). The molecule has 4 heterocycles. The summed E-state index contributed by atoms with van der Waals surface area (Å²) in [4.78, 5) is 16.4. The Hall–Kier alpha value is -2.52. The number of aromatic nitrogens is 6. The van der Waals surface area contributed by atoms with Crippen molar-refractivity contribution in [2.45, 2.75) is 52.7 Å². The molecular formula is C20H26N8S. The summed E-state index contributed by atoms with van der Waals surface area (Å²) in [6, 6.07) is 2.37. The van der Waals surface area contributed by atoms with E-state index < -0.39 is 0 Å². The van der Waals surface area contributed by atoms with Gasteiger partial charge in [-0.3, -0.25) is 14.3 Å². The lowest BCUT2D eigenvalue weighted by Crippen LogP contribution is -2.40. The van der Waals surface area contributed by atoms with Crippen LogP contribution in [-0.2, 0) is 6.54 Å². The average Bonchev–Trinajstić information content (AvgIpc) is 3.12. The lowest BCUT2D eigenvalue weighted by Gasteiger charge is -2.39. The SMILES string of the molecule is CC[C@@H]1c2nnc(C)n2-c2cnc(-c3ccncc3CNSC)nc2N1C(C)C. The Morgan fingerprint density at radius 2 is 2.07 bits per heavy atom. The summed E-state index contributed by atoms with van der Waals surface area (Å²) in [5, 5.41) is 8.79. The van der Waals surface area contributed by atoms with Gasteiger partial charge in [-0.15, -0.1) is 10.2 Å². The Morgan fingerprint density at radius 3 is 2.79 bits per heavy atom. The molecule has 9 heteroatoms. The molecule has 0 amide bonds. The van der Waals surface area contributed by atoms with Crippen molar-refractivity contribution in [3.8, 4) is 17.1 Å². The van der Waals surface area contributed by atoms with Crippen LogP contribution in [0.3, 0.4) is 0 Å². The summed E-state index contributed by atoms with van der Waals surface area (Å²) in [5.41, 5.74) is 3.00. The van der Waals surface area contributed by atoms with Gasteiger partial charge < -0.3 is 4.90 Å². The smallest absolute Gasteiger partial charge is 0.162 e. The standard InChI is InChI=1S/C20H26N8S/c1-6-16-20-26-25-13(4)28(20)17-11-22-18(24-19(17)27(16)12(2)3)15-7-8-21-9-14(15)10-23-29-5/h7-9,11-12,16,23H,6,10H2,1-5H3/t16-/m1/s1. The molecule has 1 N–H and O–H groups in total. The van der Waals surface area contributed by atoms with Gasteiger partial charge in [0.05, 0.1) is 12.2 Å². The summed E-state index contributed by atoms with van der Waals surface area (Å²) in [6.07, 6.45) is 8.49. The van der Waals surface area contributed by atoms with Gasteiger partial charge in [-0.1, -0.05) is 18.9 Å². The molecule has 0 saturated heterocycles. The number of nitrogens with zero attached hydrogens (tertiary/aromatic N) is 7. The van der Waals surface area contributed by atoms with Crippen molar-refractivity contribution in [1.29, 1.82) is 0 Å². The first-order valence-electron chi connectivity index (χ1n) is 9.83. The van der Waals surface area contributed by atoms with Gasteiger partial charge in [-0.25, -0.2) is 9.97 Å². The highest BCUT2D eigenvalue weighted by Gasteiger charge is 2.36. The first kappa shape index (κ1) is 19.8. The van der Waals surface area contributed by atoms with Crippen LogP contribution in [0.2, 0.25) is 0 Å². The van der Waals surface area contributed by atoms with Gasteiger partial charge in [0.2, 0.25) is 0 Å². The number of hydrogen-bond donors (Lipinski definition) is 1. The number of aryl methyl sites for hydroxylation is 1. The van der Waals surface area contributed by atoms with E-state index in [9.17, 15) is 0 Å². The Kier molecular flexibility index (Phi) is 5.51. The van der Waals surface area contributed by atoms with Crippen LogP contribution in [-0.4, -0.2) is 42.0 Å². The van der Waals surface area contributed by atoms with E-state index >= 15 is 0 Å². The van der Waals surface area contributed by atoms with Gasteiger partial charge in [0.1, 0.15) is 11.5 Å². The highest BCUT2D eigenvalue weighted by molar-refractivity contribution is 7.96. The summed E-state index contributed by atoms with van der Waals surface area (Å²) in [7, 11) is 0. The summed E-state index contributed by atoms with van der Waals surface area (Å²) in [6.45, 7) is 9.23. The predicted molar refractivity (Wildman–Crippen MR) is 116 cm³/mol. The first-order chi connectivity index (χ1) is 14.1. The molecule has 3 aromatic heterocycles. The van der Waals surface area contributed by atoms with Crippen molar-refractivity contribution < 1.29 is 0 Å². The number of nitrogens with one attached hydrogen (secondary N) is 1. The van der Waals surface area contributed by atoms with Gasteiger partial charge >= 0.3 is 0 Å². The summed E-state index contributed by atoms with van der Waals surface area (Å²) < 4.78 is 5.38. The number of anilines is 1. The minimum Gasteiger partial charge on any atom is -0.342 e. The zero-order chi connectivity index (χ0) is 20.5. The van der Waals surface area contributed by atoms with Crippen LogP contribution < -0.4 is 9.62 Å². The molecule has 1 aliphatic heterocycles. The van der Waals surface area contributed by atoms with Crippen molar-refractivity contribution in [2.24, 2.45) is 0 Å². The lowest BCUT2D eigenvalue weighted by molar-refractivity contribution is 0.496. The van der Waals surface area contributed by atoms with Crippen LogP contribution in [0.4, 0.5) is 5.82 Å². The highest BCUT2D eigenvalue weighted by atomic mass is 32.2. The number of hydrogen-bond acceptors (Lipinski definition) is 8. The van der Waals surface area contributed by atoms with Crippen LogP contribution >= 0.6 is 11.9 Å². The Balaban J connectivity index is 1.89. The number of pyridine rings is 1. The molecule has 0 bridgehead atoms. The third-order valence-corrected chi connectivity index (χ3v) is 5.65. The third-order valence-electron chi connectivity index (χ3n) is 5.21. The van der Waals surface area contributed by atoms with E-state index in [0.717, 1.165) is 40.7 Å². The van der Waals surface area contributed by atoms with E-state index in [0.29, 0.717) is 12.4 Å². The van der Waals surface area contributed by atoms with Crippen LogP contribution in [0.15, 0.2) is 24.7 Å². The first-order valence-corrected chi connectivity index (χ1v) is 11.1. The van der Waals surface area contributed by atoms with Crippen LogP contribution in [0, 0.1) is 6.92 Å². The van der Waals surface area contributed by atoms with E-state index in [1.54, 1.807) is 18.1 Å². The average molecular weight is 411 g/mol. The van der Waals surface area contributed by atoms with Crippen LogP contribution in [0.1, 0.15) is 50.4 Å². The molecule has 0 aliphatic carbocycles. The van der Waals surface area contributed by atoms with Crippen molar-refractivity contribution >= 4 is 17.8 Å². The summed E-state index contributed by atoms with van der Waals surface area (Å²) in [5.74, 6) is 3.44. The maximum absolute atomic E-state index is 5.05. The maximum atomic E-state index is 5.05. The quantitative estimate of drug-likeness (QED) is 0.618. The second kappa shape index (κ2) is 8.08. The zero-order valence-electron chi connectivity index (χ0n) is 17.4. The van der Waals surface area contributed by atoms with E-state index in [1.165, 1.54) is 0 Å². The lowest BCUT2D eigenvalue weighted by atomic mass is 10.1. The Labute approximate surface area is 175 Å².